The van der Waals surface area contributed by atoms with Crippen molar-refractivity contribution in [3.63, 3.8) is 0 Å². The first-order valence-electron chi connectivity index (χ1n) is 8.29. The van der Waals surface area contributed by atoms with Gasteiger partial charge in [-0.25, -0.2) is 4.79 Å². The Morgan fingerprint density at radius 2 is 1.62 bits per heavy atom. The van der Waals surface area contributed by atoms with Gasteiger partial charge in [0.25, 0.3) is 0 Å². The number of carbonyl (C=O) groups is 1. The van der Waals surface area contributed by atoms with Crippen molar-refractivity contribution in [3.8, 4) is 5.75 Å². The highest BCUT2D eigenvalue weighted by atomic mass is 35.5. The predicted molar refractivity (Wildman–Crippen MR) is 106 cm³/mol. The largest absolute Gasteiger partial charge is 0.496 e. The van der Waals surface area contributed by atoms with Crippen LogP contribution < -0.4 is 4.74 Å². The quantitative estimate of drug-likeness (QED) is 0.665. The second-order valence-corrected chi connectivity index (χ2v) is 7.32. The van der Waals surface area contributed by atoms with E-state index in [4.69, 9.17) is 27.9 Å². The summed E-state index contributed by atoms with van der Waals surface area (Å²) in [7, 11) is 1.62. The van der Waals surface area contributed by atoms with Gasteiger partial charge < -0.3 is 9.84 Å². The number of hydrogen-bond donors (Lipinski definition) is 1. The third kappa shape index (κ3) is 3.92. The number of aryl methyl sites for hydroxylation is 2. The smallest absolute Gasteiger partial charge is 0.408 e. The average molecular weight is 396 g/mol. The summed E-state index contributed by atoms with van der Waals surface area (Å²) in [6.07, 6.45) is -1.04. The van der Waals surface area contributed by atoms with Gasteiger partial charge in [-0.2, -0.15) is 0 Å². The highest BCUT2D eigenvalue weighted by molar-refractivity contribution is 6.36. The Balaban J connectivity index is 2.79. The van der Waals surface area contributed by atoms with Crippen LogP contribution in [0.1, 0.15) is 42.1 Å². The monoisotopic (exact) mass is 395 g/mol. The van der Waals surface area contributed by atoms with E-state index in [1.807, 2.05) is 39.8 Å². The molecule has 0 aliphatic heterocycles. The van der Waals surface area contributed by atoms with Crippen molar-refractivity contribution in [3.05, 3.63) is 62.6 Å². The first-order valence-corrected chi connectivity index (χ1v) is 9.04. The maximum absolute atomic E-state index is 12.1. The molecule has 2 aromatic rings. The molecule has 1 N–H and O–H groups in total. The van der Waals surface area contributed by atoms with Gasteiger partial charge in [0.1, 0.15) is 5.75 Å². The molecule has 0 radical (unpaired) electrons. The second-order valence-electron chi connectivity index (χ2n) is 6.51. The number of amides is 1. The Morgan fingerprint density at radius 3 is 2.00 bits per heavy atom. The minimum atomic E-state index is -1.04. The van der Waals surface area contributed by atoms with Crippen molar-refractivity contribution < 1.29 is 14.6 Å². The summed E-state index contributed by atoms with van der Waals surface area (Å²) in [5.74, 6) is 0.782. The number of rotatable bonds is 5. The van der Waals surface area contributed by atoms with Crippen LogP contribution in [0.5, 0.6) is 5.75 Å². The maximum Gasteiger partial charge on any atom is 0.408 e. The van der Waals surface area contributed by atoms with Gasteiger partial charge in [-0.1, -0.05) is 29.3 Å². The molecule has 4 nitrogen and oxygen atoms in total. The summed E-state index contributed by atoms with van der Waals surface area (Å²) in [4.78, 5) is 13.4. The molecule has 0 aliphatic rings. The number of methoxy groups -OCH3 is 1. The second kappa shape index (κ2) is 8.19. The Bertz CT molecular complexity index is 777. The molecule has 26 heavy (non-hydrogen) atoms. The minimum absolute atomic E-state index is 0.271. The lowest BCUT2D eigenvalue weighted by molar-refractivity contribution is 0.116. The SMILES string of the molecule is COc1c(C)cc(C(c2c(Cl)cccc2Cl)N(C(=O)O)C(C)C)cc1C. The van der Waals surface area contributed by atoms with E-state index in [0.29, 0.717) is 15.6 Å². The molecule has 2 rings (SSSR count). The van der Waals surface area contributed by atoms with E-state index in [0.717, 1.165) is 22.4 Å². The average Bonchev–Trinajstić information content (AvgIpc) is 2.52. The van der Waals surface area contributed by atoms with Gasteiger partial charge in [0.15, 0.2) is 0 Å². The molecule has 1 atom stereocenters. The lowest BCUT2D eigenvalue weighted by Gasteiger charge is -2.35. The van der Waals surface area contributed by atoms with Crippen LogP contribution in [0.4, 0.5) is 4.79 Å². The zero-order valence-electron chi connectivity index (χ0n) is 15.5. The lowest BCUT2D eigenvalue weighted by Crippen LogP contribution is -2.40. The van der Waals surface area contributed by atoms with E-state index >= 15 is 0 Å². The van der Waals surface area contributed by atoms with Crippen LogP contribution in [0, 0.1) is 13.8 Å². The fraction of sp³-hybridized carbons (Fsp3) is 0.350. The number of halogens is 2. The third-order valence-electron chi connectivity index (χ3n) is 4.33. The van der Waals surface area contributed by atoms with E-state index < -0.39 is 12.1 Å². The molecule has 0 fully saturated rings. The molecule has 140 valence electrons. The van der Waals surface area contributed by atoms with Crippen LogP contribution >= 0.6 is 23.2 Å². The molecule has 0 saturated carbocycles. The molecule has 1 unspecified atom stereocenters. The van der Waals surface area contributed by atoms with Gasteiger partial charge in [-0.15, -0.1) is 0 Å². The number of ether oxygens (including phenoxy) is 1. The molecule has 2 aromatic carbocycles. The predicted octanol–water partition coefficient (Wildman–Crippen LogP) is 6.10. The van der Waals surface area contributed by atoms with E-state index in [1.165, 1.54) is 4.90 Å². The third-order valence-corrected chi connectivity index (χ3v) is 4.99. The highest BCUT2D eigenvalue weighted by Crippen LogP contribution is 2.40. The van der Waals surface area contributed by atoms with Crippen LogP contribution in [0.15, 0.2) is 30.3 Å². The van der Waals surface area contributed by atoms with Crippen molar-refractivity contribution in [1.82, 2.24) is 4.90 Å². The van der Waals surface area contributed by atoms with E-state index in [2.05, 4.69) is 0 Å². The summed E-state index contributed by atoms with van der Waals surface area (Å²) in [5, 5.41) is 10.7. The van der Waals surface area contributed by atoms with Crippen molar-refractivity contribution in [1.29, 1.82) is 0 Å². The Kier molecular flexibility index (Phi) is 6.43. The fourth-order valence-electron chi connectivity index (χ4n) is 3.33. The van der Waals surface area contributed by atoms with Crippen LogP contribution in [-0.4, -0.2) is 29.3 Å². The highest BCUT2D eigenvalue weighted by Gasteiger charge is 2.32. The van der Waals surface area contributed by atoms with Crippen molar-refractivity contribution in [2.75, 3.05) is 7.11 Å². The summed E-state index contributed by atoms with van der Waals surface area (Å²) < 4.78 is 5.44. The van der Waals surface area contributed by atoms with Gasteiger partial charge in [0, 0.05) is 21.7 Å². The van der Waals surface area contributed by atoms with Crippen LogP contribution in [0.25, 0.3) is 0 Å². The minimum Gasteiger partial charge on any atom is -0.496 e. The summed E-state index contributed by atoms with van der Waals surface area (Å²) in [6, 6.07) is 8.14. The molecule has 0 aliphatic carbocycles. The number of benzene rings is 2. The Labute approximate surface area is 164 Å². The lowest BCUT2D eigenvalue weighted by atomic mass is 9.93. The zero-order valence-corrected chi connectivity index (χ0v) is 17.0. The first-order chi connectivity index (χ1) is 12.2. The maximum atomic E-state index is 12.1. The van der Waals surface area contributed by atoms with E-state index in [1.54, 1.807) is 25.3 Å². The van der Waals surface area contributed by atoms with Gasteiger partial charge in [-0.05, 0) is 68.7 Å². The van der Waals surface area contributed by atoms with Crippen molar-refractivity contribution in [2.24, 2.45) is 0 Å². The van der Waals surface area contributed by atoms with Gasteiger partial charge in [0.05, 0.1) is 13.2 Å². The van der Waals surface area contributed by atoms with E-state index in [9.17, 15) is 9.90 Å². The molecule has 0 aromatic heterocycles. The standard InChI is InChI=1S/C20H23Cl2NO3/c1-11(2)23(20(24)25)18(17-15(21)7-6-8-16(17)22)14-9-12(3)19(26-5)13(4)10-14/h6-11,18H,1-5H3,(H,24,25). The topological polar surface area (TPSA) is 49.8 Å². The van der Waals surface area contributed by atoms with Crippen LogP contribution in [-0.2, 0) is 0 Å². The molecule has 1 amide bonds. The van der Waals surface area contributed by atoms with Crippen molar-refractivity contribution in [2.45, 2.75) is 39.8 Å². The fourth-order valence-corrected chi connectivity index (χ4v) is 3.94. The molecule has 0 bridgehead atoms. The molecule has 0 spiro atoms. The summed E-state index contributed by atoms with van der Waals surface area (Å²) >= 11 is 12.9. The molecular weight excluding hydrogens is 373 g/mol. The first kappa shape index (κ1) is 20.4. The molecule has 6 heteroatoms. The molecular formula is C20H23Cl2NO3. The van der Waals surface area contributed by atoms with Crippen LogP contribution in [0.2, 0.25) is 10.0 Å². The van der Waals surface area contributed by atoms with Gasteiger partial charge in [0.2, 0.25) is 0 Å². The number of carboxylic acid groups (broad SMARTS) is 1. The number of hydrogen-bond acceptors (Lipinski definition) is 2. The Morgan fingerprint density at radius 1 is 1.12 bits per heavy atom. The summed E-state index contributed by atoms with van der Waals surface area (Å²) in [6.45, 7) is 7.52. The number of nitrogens with zero attached hydrogens (tertiary/aromatic N) is 1. The zero-order chi connectivity index (χ0) is 19.6. The molecule has 0 saturated heterocycles. The van der Waals surface area contributed by atoms with E-state index in [-0.39, 0.29) is 6.04 Å². The van der Waals surface area contributed by atoms with Crippen LogP contribution in [0.3, 0.4) is 0 Å². The van der Waals surface area contributed by atoms with Crippen molar-refractivity contribution >= 4 is 29.3 Å². The molecule has 0 heterocycles. The summed E-state index contributed by atoms with van der Waals surface area (Å²) in [5.41, 5.74) is 3.22. The Hall–Kier alpha value is -1.91. The normalized spacial score (nSPS) is 12.2. The van der Waals surface area contributed by atoms with Gasteiger partial charge in [-0.3, -0.25) is 4.90 Å². The van der Waals surface area contributed by atoms with Gasteiger partial charge >= 0.3 is 6.09 Å².